The van der Waals surface area contributed by atoms with Crippen molar-refractivity contribution in [2.75, 3.05) is 5.73 Å². The monoisotopic (exact) mass is 344 g/mol. The molecule has 3 N–H and O–H groups in total. The lowest BCUT2D eigenvalue weighted by molar-refractivity contribution is 0.576. The van der Waals surface area contributed by atoms with Crippen molar-refractivity contribution in [3.05, 3.63) is 40.6 Å². The molecule has 19 heavy (non-hydrogen) atoms. The molecule has 0 unspecified atom stereocenters. The SMILES string of the molecule is Cn1nccc1CNS(=O)(=O)c1cc(N)ccc1Br. The number of rotatable bonds is 4. The van der Waals surface area contributed by atoms with Crippen LogP contribution in [0.3, 0.4) is 0 Å². The van der Waals surface area contributed by atoms with Crippen LogP contribution in [-0.2, 0) is 23.6 Å². The third-order valence-corrected chi connectivity index (χ3v) is 5.01. The summed E-state index contributed by atoms with van der Waals surface area (Å²) in [5.41, 5.74) is 6.77. The molecule has 1 heterocycles. The highest BCUT2D eigenvalue weighted by molar-refractivity contribution is 9.10. The Bertz CT molecular complexity index is 696. The molecule has 0 aliphatic carbocycles. The normalized spacial score (nSPS) is 11.7. The van der Waals surface area contributed by atoms with E-state index in [2.05, 4.69) is 25.8 Å². The van der Waals surface area contributed by atoms with Crippen LogP contribution in [0, 0.1) is 0 Å². The van der Waals surface area contributed by atoms with E-state index in [1.54, 1.807) is 36.1 Å². The average molecular weight is 345 g/mol. The first-order chi connectivity index (χ1) is 8.90. The zero-order valence-corrected chi connectivity index (χ0v) is 12.6. The standard InChI is InChI=1S/C11H13BrN4O2S/c1-16-9(4-5-14-16)7-15-19(17,18)11-6-8(13)2-3-10(11)12/h2-6,15H,7,13H2,1H3. The molecule has 0 bridgehead atoms. The van der Waals surface area contributed by atoms with Crippen molar-refractivity contribution >= 4 is 31.6 Å². The number of aromatic nitrogens is 2. The van der Waals surface area contributed by atoms with Crippen LogP contribution >= 0.6 is 15.9 Å². The van der Waals surface area contributed by atoms with Crippen molar-refractivity contribution in [3.63, 3.8) is 0 Å². The number of benzene rings is 1. The molecule has 2 rings (SSSR count). The minimum Gasteiger partial charge on any atom is -0.399 e. The molecule has 0 spiro atoms. The third kappa shape index (κ3) is 3.14. The molecule has 6 nitrogen and oxygen atoms in total. The van der Waals surface area contributed by atoms with Crippen molar-refractivity contribution in [2.24, 2.45) is 7.05 Å². The van der Waals surface area contributed by atoms with E-state index in [0.717, 1.165) is 5.69 Å². The van der Waals surface area contributed by atoms with E-state index >= 15 is 0 Å². The van der Waals surface area contributed by atoms with Gasteiger partial charge >= 0.3 is 0 Å². The quantitative estimate of drug-likeness (QED) is 0.816. The Balaban J connectivity index is 2.23. The number of anilines is 1. The molecule has 8 heteroatoms. The number of nitrogen functional groups attached to an aromatic ring is 1. The molecule has 102 valence electrons. The summed E-state index contributed by atoms with van der Waals surface area (Å²) in [4.78, 5) is 0.120. The van der Waals surface area contributed by atoms with Gasteiger partial charge in [0.15, 0.2) is 0 Å². The predicted molar refractivity (Wildman–Crippen MR) is 75.8 cm³/mol. The number of hydrogen-bond donors (Lipinski definition) is 2. The Labute approximate surface area is 119 Å². The molecule has 0 radical (unpaired) electrons. The van der Waals surface area contributed by atoms with Crippen LogP contribution < -0.4 is 10.5 Å². The van der Waals surface area contributed by atoms with Crippen LogP contribution in [0.5, 0.6) is 0 Å². The van der Waals surface area contributed by atoms with E-state index in [1.807, 2.05) is 0 Å². The second-order valence-electron chi connectivity index (χ2n) is 3.96. The fourth-order valence-corrected chi connectivity index (χ4v) is 3.54. The van der Waals surface area contributed by atoms with Crippen LogP contribution in [-0.4, -0.2) is 18.2 Å². The van der Waals surface area contributed by atoms with E-state index in [1.165, 1.54) is 6.07 Å². The maximum atomic E-state index is 12.2. The Morgan fingerprint density at radius 3 is 2.79 bits per heavy atom. The number of halogens is 1. The van der Waals surface area contributed by atoms with Gasteiger partial charge in [0.25, 0.3) is 0 Å². The minimum atomic E-state index is -3.62. The second-order valence-corrected chi connectivity index (χ2v) is 6.55. The van der Waals surface area contributed by atoms with Gasteiger partial charge < -0.3 is 5.73 Å². The molecule has 2 aromatic rings. The first kappa shape index (κ1) is 14.0. The average Bonchev–Trinajstić information content (AvgIpc) is 2.75. The molecule has 1 aromatic carbocycles. The van der Waals surface area contributed by atoms with Crippen molar-refractivity contribution < 1.29 is 8.42 Å². The zero-order valence-electron chi connectivity index (χ0n) is 10.2. The number of nitrogens with two attached hydrogens (primary N) is 1. The molecule has 0 amide bonds. The highest BCUT2D eigenvalue weighted by Crippen LogP contribution is 2.24. The number of hydrogen-bond acceptors (Lipinski definition) is 4. The summed E-state index contributed by atoms with van der Waals surface area (Å²) in [5.74, 6) is 0. The summed E-state index contributed by atoms with van der Waals surface area (Å²) in [5, 5.41) is 3.97. The highest BCUT2D eigenvalue weighted by Gasteiger charge is 2.18. The Hall–Kier alpha value is -1.38. The van der Waals surface area contributed by atoms with Gasteiger partial charge in [-0.3, -0.25) is 4.68 Å². The fourth-order valence-electron chi connectivity index (χ4n) is 1.55. The van der Waals surface area contributed by atoms with Crippen LogP contribution in [0.2, 0.25) is 0 Å². The van der Waals surface area contributed by atoms with Crippen LogP contribution in [0.4, 0.5) is 5.69 Å². The molecule has 1 aromatic heterocycles. The van der Waals surface area contributed by atoms with Gasteiger partial charge in [-0.1, -0.05) is 0 Å². The topological polar surface area (TPSA) is 90.0 Å². The smallest absolute Gasteiger partial charge is 0.242 e. The number of nitrogens with one attached hydrogen (secondary N) is 1. The predicted octanol–water partition coefficient (Wildman–Crippen LogP) is 1.24. The van der Waals surface area contributed by atoms with E-state index < -0.39 is 10.0 Å². The Morgan fingerprint density at radius 2 is 2.16 bits per heavy atom. The second kappa shape index (κ2) is 5.32. The maximum Gasteiger partial charge on any atom is 0.242 e. The van der Waals surface area contributed by atoms with Gasteiger partial charge in [-0.25, -0.2) is 13.1 Å². The summed E-state index contributed by atoms with van der Waals surface area (Å²) < 4.78 is 29.0. The van der Waals surface area contributed by atoms with Gasteiger partial charge in [-0.2, -0.15) is 5.10 Å². The van der Waals surface area contributed by atoms with Crippen molar-refractivity contribution in [1.82, 2.24) is 14.5 Å². The highest BCUT2D eigenvalue weighted by atomic mass is 79.9. The fraction of sp³-hybridized carbons (Fsp3) is 0.182. The van der Waals surface area contributed by atoms with Gasteiger partial charge in [-0.05, 0) is 40.2 Å². The lowest BCUT2D eigenvalue weighted by Gasteiger charge is -2.09. The van der Waals surface area contributed by atoms with Crippen LogP contribution in [0.25, 0.3) is 0 Å². The van der Waals surface area contributed by atoms with E-state index in [4.69, 9.17) is 5.73 Å². The lowest BCUT2D eigenvalue weighted by Crippen LogP contribution is -2.24. The van der Waals surface area contributed by atoms with Gasteiger partial charge in [0.05, 0.1) is 17.1 Å². The summed E-state index contributed by atoms with van der Waals surface area (Å²) in [6, 6.07) is 6.39. The molecule has 0 saturated heterocycles. The van der Waals surface area contributed by atoms with E-state index in [-0.39, 0.29) is 11.4 Å². The lowest BCUT2D eigenvalue weighted by atomic mass is 10.3. The third-order valence-electron chi connectivity index (χ3n) is 2.61. The number of nitrogens with zero attached hydrogens (tertiary/aromatic N) is 2. The Kier molecular flexibility index (Phi) is 3.93. The van der Waals surface area contributed by atoms with Gasteiger partial charge in [0.1, 0.15) is 0 Å². The van der Waals surface area contributed by atoms with Crippen molar-refractivity contribution in [3.8, 4) is 0 Å². The molecule has 0 aliphatic rings. The molecular formula is C11H13BrN4O2S. The first-order valence-electron chi connectivity index (χ1n) is 5.42. The van der Waals surface area contributed by atoms with Crippen LogP contribution in [0.1, 0.15) is 5.69 Å². The number of aryl methyl sites for hydroxylation is 1. The van der Waals surface area contributed by atoms with Crippen molar-refractivity contribution in [2.45, 2.75) is 11.4 Å². The maximum absolute atomic E-state index is 12.2. The minimum absolute atomic E-state index is 0.120. The molecular weight excluding hydrogens is 332 g/mol. The van der Waals surface area contributed by atoms with E-state index in [9.17, 15) is 8.42 Å². The van der Waals surface area contributed by atoms with Gasteiger partial charge in [0, 0.05) is 23.4 Å². The largest absolute Gasteiger partial charge is 0.399 e. The zero-order chi connectivity index (χ0) is 14.0. The Morgan fingerprint density at radius 1 is 1.42 bits per heavy atom. The van der Waals surface area contributed by atoms with Gasteiger partial charge in [0.2, 0.25) is 10.0 Å². The van der Waals surface area contributed by atoms with E-state index in [0.29, 0.717) is 10.2 Å². The summed E-state index contributed by atoms with van der Waals surface area (Å²) in [6.45, 7) is 0.167. The molecule has 0 atom stereocenters. The molecule has 0 saturated carbocycles. The summed E-state index contributed by atoms with van der Waals surface area (Å²) in [7, 11) is -1.87. The first-order valence-corrected chi connectivity index (χ1v) is 7.69. The summed E-state index contributed by atoms with van der Waals surface area (Å²) >= 11 is 3.21. The van der Waals surface area contributed by atoms with Crippen LogP contribution in [0.15, 0.2) is 39.8 Å². The molecule has 0 aliphatic heterocycles. The molecule has 0 fully saturated rings. The summed E-state index contributed by atoms with van der Waals surface area (Å²) in [6.07, 6.45) is 1.61. The van der Waals surface area contributed by atoms with Crippen molar-refractivity contribution in [1.29, 1.82) is 0 Å². The van der Waals surface area contributed by atoms with Gasteiger partial charge in [-0.15, -0.1) is 0 Å². The number of sulfonamides is 1.